The van der Waals surface area contributed by atoms with E-state index in [4.69, 9.17) is 14.2 Å². The normalized spacial score (nSPS) is 16.1. The molecular weight excluding hydrogens is 444 g/mol. The van der Waals surface area contributed by atoms with Crippen molar-refractivity contribution in [2.45, 2.75) is 40.7 Å². The van der Waals surface area contributed by atoms with E-state index < -0.39 is 12.0 Å². The fourth-order valence-corrected chi connectivity index (χ4v) is 4.11. The third-order valence-electron chi connectivity index (χ3n) is 5.83. The van der Waals surface area contributed by atoms with Gasteiger partial charge in [-0.3, -0.25) is 9.69 Å². The number of methoxy groups -OCH3 is 2. The van der Waals surface area contributed by atoms with Crippen LogP contribution in [0.15, 0.2) is 64.3 Å². The van der Waals surface area contributed by atoms with Crippen molar-refractivity contribution in [2.75, 3.05) is 20.8 Å². The van der Waals surface area contributed by atoms with Crippen LogP contribution in [0.4, 0.5) is 0 Å². The van der Waals surface area contributed by atoms with E-state index in [0.29, 0.717) is 39.7 Å². The molecule has 7 heteroatoms. The molecule has 1 aliphatic heterocycles. The highest BCUT2D eigenvalue weighted by Crippen LogP contribution is 2.40. The molecule has 0 aliphatic carbocycles. The number of allylic oxidation sites excluding steroid dienone is 1. The summed E-state index contributed by atoms with van der Waals surface area (Å²) in [6, 6.07) is 12.5. The van der Waals surface area contributed by atoms with E-state index in [2.05, 4.69) is 4.99 Å². The van der Waals surface area contributed by atoms with Crippen LogP contribution in [0.1, 0.15) is 50.4 Å². The van der Waals surface area contributed by atoms with E-state index in [1.54, 1.807) is 58.9 Å². The first-order valence-electron chi connectivity index (χ1n) is 11.4. The van der Waals surface area contributed by atoms with Gasteiger partial charge in [-0.15, -0.1) is 0 Å². The SMILES string of the molecule is CCOC(=O)C1=C(C)N=C(C)N(C(=O)/C(C)=C\c2ccc(C)cc2)C1c1ccc(OC)c(OC)c1. The molecule has 35 heavy (non-hydrogen) atoms. The van der Waals surface area contributed by atoms with E-state index in [1.807, 2.05) is 43.3 Å². The zero-order chi connectivity index (χ0) is 25.7. The Balaban J connectivity index is 2.15. The lowest BCUT2D eigenvalue weighted by molar-refractivity contribution is -0.139. The van der Waals surface area contributed by atoms with Gasteiger partial charge in [0.25, 0.3) is 5.91 Å². The number of rotatable bonds is 7. The smallest absolute Gasteiger partial charge is 0.338 e. The maximum atomic E-state index is 13.8. The molecule has 7 nitrogen and oxygen atoms in total. The third kappa shape index (κ3) is 5.45. The van der Waals surface area contributed by atoms with Crippen molar-refractivity contribution < 1.29 is 23.8 Å². The monoisotopic (exact) mass is 476 g/mol. The summed E-state index contributed by atoms with van der Waals surface area (Å²) in [6.07, 6.45) is 1.83. The lowest BCUT2D eigenvalue weighted by Crippen LogP contribution is -2.43. The molecule has 1 aliphatic rings. The Bertz CT molecular complexity index is 1210. The summed E-state index contributed by atoms with van der Waals surface area (Å²) < 4.78 is 16.2. The van der Waals surface area contributed by atoms with Crippen LogP contribution in [0, 0.1) is 6.92 Å². The van der Waals surface area contributed by atoms with Gasteiger partial charge in [0, 0.05) is 5.57 Å². The first-order valence-corrected chi connectivity index (χ1v) is 11.4. The Labute approximate surface area is 206 Å². The minimum absolute atomic E-state index is 0.206. The largest absolute Gasteiger partial charge is 0.493 e. The minimum Gasteiger partial charge on any atom is -0.493 e. The average Bonchev–Trinajstić information content (AvgIpc) is 2.84. The van der Waals surface area contributed by atoms with Crippen molar-refractivity contribution in [3.05, 3.63) is 76.0 Å². The van der Waals surface area contributed by atoms with Gasteiger partial charge in [-0.25, -0.2) is 9.79 Å². The Morgan fingerprint density at radius 3 is 2.26 bits per heavy atom. The van der Waals surface area contributed by atoms with Crippen LogP contribution in [0.5, 0.6) is 11.5 Å². The van der Waals surface area contributed by atoms with Crippen LogP contribution >= 0.6 is 0 Å². The molecule has 0 aromatic heterocycles. The Morgan fingerprint density at radius 2 is 1.66 bits per heavy atom. The summed E-state index contributed by atoms with van der Waals surface area (Å²) >= 11 is 0. The number of amidine groups is 1. The van der Waals surface area contributed by atoms with Crippen LogP contribution in [0.25, 0.3) is 6.08 Å². The van der Waals surface area contributed by atoms with E-state index in [-0.39, 0.29) is 12.5 Å². The summed E-state index contributed by atoms with van der Waals surface area (Å²) in [5.74, 6) is 0.742. The Kier molecular flexibility index (Phi) is 8.12. The maximum absolute atomic E-state index is 13.8. The highest BCUT2D eigenvalue weighted by molar-refractivity contribution is 6.10. The van der Waals surface area contributed by atoms with Crippen molar-refractivity contribution in [1.29, 1.82) is 0 Å². The number of hydrogen-bond donors (Lipinski definition) is 0. The zero-order valence-corrected chi connectivity index (χ0v) is 21.3. The lowest BCUT2D eigenvalue weighted by Gasteiger charge is -2.36. The van der Waals surface area contributed by atoms with Crippen LogP contribution in [0.3, 0.4) is 0 Å². The quantitative estimate of drug-likeness (QED) is 0.403. The van der Waals surface area contributed by atoms with E-state index in [9.17, 15) is 9.59 Å². The Morgan fingerprint density at radius 1 is 1.00 bits per heavy atom. The van der Waals surface area contributed by atoms with Crippen LogP contribution in [0.2, 0.25) is 0 Å². The Hall–Kier alpha value is -3.87. The molecule has 0 spiro atoms. The summed E-state index contributed by atoms with van der Waals surface area (Å²) in [4.78, 5) is 33.0. The van der Waals surface area contributed by atoms with Gasteiger partial charge >= 0.3 is 5.97 Å². The van der Waals surface area contributed by atoms with Gasteiger partial charge in [0.15, 0.2) is 11.5 Å². The number of amides is 1. The van der Waals surface area contributed by atoms with Crippen LogP contribution in [-0.4, -0.2) is 43.4 Å². The number of aliphatic imine (C=N–C) groups is 1. The average molecular weight is 477 g/mol. The fourth-order valence-electron chi connectivity index (χ4n) is 4.11. The molecule has 0 N–H and O–H groups in total. The molecule has 1 unspecified atom stereocenters. The molecular formula is C28H32N2O5. The summed E-state index contributed by atoms with van der Waals surface area (Å²) in [6.45, 7) is 9.23. The number of carbonyl (C=O) groups is 2. The standard InChI is InChI=1S/C28H32N2O5/c1-8-35-28(32)25-19(4)29-20(5)30(26(25)22-13-14-23(33-6)24(16-22)34-7)27(31)18(3)15-21-11-9-17(2)10-12-21/h9-16,26H,8H2,1-7H3/b18-15-. The molecule has 2 aromatic carbocycles. The van der Waals surface area contributed by atoms with Gasteiger partial charge in [0.05, 0.1) is 38.1 Å². The predicted molar refractivity (Wildman–Crippen MR) is 136 cm³/mol. The van der Waals surface area contributed by atoms with Crippen LogP contribution < -0.4 is 9.47 Å². The van der Waals surface area contributed by atoms with Gasteiger partial charge in [0.1, 0.15) is 5.84 Å². The van der Waals surface area contributed by atoms with E-state index >= 15 is 0 Å². The van der Waals surface area contributed by atoms with Crippen molar-refractivity contribution in [2.24, 2.45) is 4.99 Å². The second-order valence-electron chi connectivity index (χ2n) is 8.31. The molecule has 184 valence electrons. The number of benzene rings is 2. The zero-order valence-electron chi connectivity index (χ0n) is 21.3. The van der Waals surface area contributed by atoms with Crippen molar-refractivity contribution >= 4 is 23.8 Å². The number of nitrogens with zero attached hydrogens (tertiary/aromatic N) is 2. The highest BCUT2D eigenvalue weighted by Gasteiger charge is 2.39. The second kappa shape index (κ2) is 11.0. The van der Waals surface area contributed by atoms with E-state index in [1.165, 1.54) is 0 Å². The van der Waals surface area contributed by atoms with Crippen molar-refractivity contribution in [3.63, 3.8) is 0 Å². The topological polar surface area (TPSA) is 77.4 Å². The van der Waals surface area contributed by atoms with Gasteiger partial charge in [-0.05, 0) is 64.0 Å². The minimum atomic E-state index is -0.750. The van der Waals surface area contributed by atoms with E-state index in [0.717, 1.165) is 11.1 Å². The molecule has 1 amide bonds. The van der Waals surface area contributed by atoms with Crippen molar-refractivity contribution in [3.8, 4) is 11.5 Å². The molecule has 0 radical (unpaired) electrons. The second-order valence-corrected chi connectivity index (χ2v) is 8.31. The van der Waals surface area contributed by atoms with Gasteiger partial charge in [-0.1, -0.05) is 35.9 Å². The first kappa shape index (κ1) is 25.7. The molecule has 0 saturated heterocycles. The number of hydrogen-bond acceptors (Lipinski definition) is 6. The first-order chi connectivity index (χ1) is 16.7. The summed E-state index contributed by atoms with van der Waals surface area (Å²) in [5, 5.41) is 0. The van der Waals surface area contributed by atoms with Crippen LogP contribution in [-0.2, 0) is 14.3 Å². The molecule has 0 saturated carbocycles. The molecule has 3 rings (SSSR count). The molecule has 1 heterocycles. The summed E-state index contributed by atoms with van der Waals surface area (Å²) in [5.41, 5.74) is 4.05. The predicted octanol–water partition coefficient (Wildman–Crippen LogP) is 5.25. The van der Waals surface area contributed by atoms with Crippen molar-refractivity contribution in [1.82, 2.24) is 4.90 Å². The number of aryl methyl sites for hydroxylation is 1. The molecule has 0 fully saturated rings. The molecule has 0 bridgehead atoms. The fraction of sp³-hybridized carbons (Fsp3) is 0.321. The summed E-state index contributed by atoms with van der Waals surface area (Å²) in [7, 11) is 3.10. The maximum Gasteiger partial charge on any atom is 0.338 e. The molecule has 2 aromatic rings. The van der Waals surface area contributed by atoms with Gasteiger partial charge < -0.3 is 14.2 Å². The number of carbonyl (C=O) groups excluding carboxylic acids is 2. The number of ether oxygens (including phenoxy) is 3. The number of esters is 1. The third-order valence-corrected chi connectivity index (χ3v) is 5.83. The molecule has 1 atom stereocenters. The van der Waals surface area contributed by atoms with Gasteiger partial charge in [0.2, 0.25) is 0 Å². The highest BCUT2D eigenvalue weighted by atomic mass is 16.5. The lowest BCUT2D eigenvalue weighted by atomic mass is 9.92. The van der Waals surface area contributed by atoms with Gasteiger partial charge in [-0.2, -0.15) is 0 Å².